The van der Waals surface area contributed by atoms with Gasteiger partial charge in [0.05, 0.1) is 50.0 Å². The predicted octanol–water partition coefficient (Wildman–Crippen LogP) is 1.98. The monoisotopic (exact) mass is 488 g/mol. The van der Waals surface area contributed by atoms with Crippen LogP contribution in [-0.2, 0) is 58.3 Å². The van der Waals surface area contributed by atoms with Crippen molar-refractivity contribution in [2.24, 2.45) is 0 Å². The van der Waals surface area contributed by atoms with Gasteiger partial charge in [0.2, 0.25) is 0 Å². The van der Waals surface area contributed by atoms with Crippen LogP contribution in [-0.4, -0.2) is 66.9 Å². The number of hydrogen-bond donors (Lipinski definition) is 0. The maximum atomic E-state index is 8.08. The van der Waals surface area contributed by atoms with Crippen molar-refractivity contribution >= 4 is 62.6 Å². The third-order valence-corrected chi connectivity index (χ3v) is 0. The topological polar surface area (TPSA) is 85.6 Å². The fourth-order valence-electron chi connectivity index (χ4n) is 0. The first-order valence-corrected chi connectivity index (χ1v) is 16.7. The first kappa shape index (κ1) is 32.7. The Morgan fingerprint density at radius 3 is 0.526 bits per heavy atom. The molecule has 0 saturated carbocycles. The Bertz CT molecular complexity index is 191. The molecule has 0 aromatic rings. The molecule has 126 valence electrons. The van der Waals surface area contributed by atoms with E-state index < -0.39 is 0 Å². The van der Waals surface area contributed by atoms with Crippen molar-refractivity contribution in [1.29, 1.82) is 0 Å². The van der Waals surface area contributed by atoms with Crippen molar-refractivity contribution in [3.05, 3.63) is 0 Å². The Labute approximate surface area is 143 Å². The van der Waals surface area contributed by atoms with E-state index >= 15 is 0 Å². The summed E-state index contributed by atoms with van der Waals surface area (Å²) in [6, 6.07) is 0. The van der Waals surface area contributed by atoms with Crippen LogP contribution in [0, 0.1) is 0 Å². The summed E-state index contributed by atoms with van der Waals surface area (Å²) in [5.74, 6) is 0. The van der Waals surface area contributed by atoms with Crippen molar-refractivity contribution < 1.29 is 32.0 Å². The van der Waals surface area contributed by atoms with Crippen LogP contribution in [0.1, 0.15) is 0 Å². The standard InChI is InChI=1S/4C2H6OS.2ClH.Ru/c4*1-4(2)3;;;/h4*1-2H3;2*1H;/q;;;;;;+2/p+2. The van der Waals surface area contributed by atoms with E-state index in [4.69, 9.17) is 36.2 Å². The van der Waals surface area contributed by atoms with Gasteiger partial charge in [-0.1, -0.05) is 0 Å². The van der Waals surface area contributed by atoms with Crippen LogP contribution in [0.3, 0.4) is 0 Å². The van der Waals surface area contributed by atoms with E-state index in [0.717, 1.165) is 0 Å². The molecule has 0 fully saturated rings. The Balaban J connectivity index is -0.0000000432. The van der Waals surface area contributed by atoms with Crippen LogP contribution < -0.4 is 0 Å². The van der Waals surface area contributed by atoms with Crippen molar-refractivity contribution in [2.75, 3.05) is 50.0 Å². The average molecular weight is 489 g/mol. The molecule has 0 aliphatic carbocycles. The molecule has 0 atom stereocenters. The molecule has 0 rings (SSSR count). The fraction of sp³-hybridized carbons (Fsp3) is 1.00. The van der Waals surface area contributed by atoms with E-state index in [2.05, 4.69) is 0 Å². The van der Waals surface area contributed by atoms with Gasteiger partial charge in [0.1, 0.15) is 0 Å². The molecule has 0 amide bonds. The van der Waals surface area contributed by atoms with Gasteiger partial charge in [-0.2, -0.15) is 0 Å². The Hall–Kier alpha value is 1.80. The number of rotatable bonds is 0. The van der Waals surface area contributed by atoms with Gasteiger partial charge in [-0.05, 0) is 0 Å². The molecule has 0 heterocycles. The summed E-state index contributed by atoms with van der Waals surface area (Å²) >= 11 is -0.346. The Morgan fingerprint density at radius 2 is 0.526 bits per heavy atom. The van der Waals surface area contributed by atoms with Crippen LogP contribution in [0.2, 0.25) is 0 Å². The van der Waals surface area contributed by atoms with E-state index in [-0.39, 0.29) is 58.3 Å². The molecule has 4 N–H and O–H groups in total. The molecule has 0 aliphatic rings. The molecular weight excluding hydrogens is 460 g/mol. The normalized spacial score (nSPS) is 8.53. The van der Waals surface area contributed by atoms with Gasteiger partial charge in [-0.3, -0.25) is 16.8 Å². The third kappa shape index (κ3) is 1930. The van der Waals surface area contributed by atoms with E-state index in [1.165, 1.54) is 0 Å². The van der Waals surface area contributed by atoms with Gasteiger partial charge >= 0.3 is 34.5 Å². The van der Waals surface area contributed by atoms with Crippen molar-refractivity contribution in [2.45, 2.75) is 0 Å². The zero-order chi connectivity index (χ0) is 17.0. The molecular formula is C8H28Cl2O4RuS4+4. The second-order valence-electron chi connectivity index (χ2n) is 3.14. The van der Waals surface area contributed by atoms with Gasteiger partial charge < -0.3 is 0 Å². The molecule has 0 aromatic carbocycles. The van der Waals surface area contributed by atoms with Gasteiger partial charge in [-0.15, -0.1) is 0 Å². The molecule has 0 radical (unpaired) electrons. The van der Waals surface area contributed by atoms with Crippen LogP contribution in [0.4, 0.5) is 0 Å². The molecule has 0 unspecified atom stereocenters. The molecule has 0 spiro atoms. The second-order valence-corrected chi connectivity index (χ2v) is 12.0. The predicted molar refractivity (Wildman–Crippen MR) is 96.3 cm³/mol. The second kappa shape index (κ2) is 32.0. The average Bonchev–Trinajstić information content (AvgIpc) is 1.97. The summed E-state index contributed by atoms with van der Waals surface area (Å²) in [4.78, 5) is 0. The van der Waals surface area contributed by atoms with Crippen LogP contribution in [0.25, 0.3) is 0 Å². The summed E-state index contributed by atoms with van der Waals surface area (Å²) in [6.45, 7) is 0. The van der Waals surface area contributed by atoms with Crippen LogP contribution in [0.15, 0.2) is 0 Å². The van der Waals surface area contributed by atoms with E-state index in [0.29, 0.717) is 0 Å². The molecule has 4 nitrogen and oxygen atoms in total. The molecule has 0 saturated heterocycles. The van der Waals surface area contributed by atoms with Crippen LogP contribution in [0.5, 0.6) is 0 Å². The quantitative estimate of drug-likeness (QED) is 0.369. The summed E-state index contributed by atoms with van der Waals surface area (Å²) in [5.41, 5.74) is 0. The van der Waals surface area contributed by atoms with Gasteiger partial charge in [0.25, 0.3) is 0 Å². The molecule has 11 heteroatoms. The van der Waals surface area contributed by atoms with E-state index in [1.54, 1.807) is 50.0 Å². The Morgan fingerprint density at radius 1 is 0.526 bits per heavy atom. The zero-order valence-electron chi connectivity index (χ0n) is 12.5. The van der Waals surface area contributed by atoms with Crippen molar-refractivity contribution in [3.8, 4) is 0 Å². The molecule has 0 aliphatic heterocycles. The zero-order valence-corrected chi connectivity index (χ0v) is 19.0. The first-order valence-electron chi connectivity index (χ1n) is 4.26. The van der Waals surface area contributed by atoms with Gasteiger partial charge in [0.15, 0.2) is 43.2 Å². The SMILES string of the molecule is CS(C)=[OH+].CS(C)=[OH+].CS(C)=[OH+].CS(C)=[OH+].[Cl][Ru][Cl]. The van der Waals surface area contributed by atoms with Gasteiger partial charge in [-0.25, -0.2) is 0 Å². The van der Waals surface area contributed by atoms with E-state index in [1.807, 2.05) is 0 Å². The van der Waals surface area contributed by atoms with Crippen LogP contribution >= 0.6 is 19.4 Å². The summed E-state index contributed by atoms with van der Waals surface area (Å²) < 4.78 is 32.3. The summed E-state index contributed by atoms with van der Waals surface area (Å²) in [6.07, 6.45) is 14.0. The first-order chi connectivity index (χ1) is 8.34. The number of halogens is 2. The number of hydrogen-bond acceptors (Lipinski definition) is 0. The molecule has 0 bridgehead atoms. The van der Waals surface area contributed by atoms with Gasteiger partial charge in [0, 0.05) is 0 Å². The van der Waals surface area contributed by atoms with Crippen molar-refractivity contribution in [3.63, 3.8) is 0 Å². The summed E-state index contributed by atoms with van der Waals surface area (Å²) in [5, 5.41) is 0. The molecule has 0 aromatic heterocycles. The van der Waals surface area contributed by atoms with Crippen molar-refractivity contribution in [1.82, 2.24) is 0 Å². The summed E-state index contributed by atoms with van der Waals surface area (Å²) in [7, 11) is 8.26. The molecule has 19 heavy (non-hydrogen) atoms. The Kier molecular flexibility index (Phi) is 54.9. The minimum atomic E-state index is -0.361. The van der Waals surface area contributed by atoms with E-state index in [9.17, 15) is 0 Å². The maximum absolute atomic E-state index is 8.08. The fourth-order valence-corrected chi connectivity index (χ4v) is 0. The third-order valence-electron chi connectivity index (χ3n) is 0. The minimum absolute atomic E-state index is 0.346.